The van der Waals surface area contributed by atoms with E-state index in [2.05, 4.69) is 0 Å². The fourth-order valence-electron chi connectivity index (χ4n) is 2.50. The molecule has 1 fully saturated rings. The predicted molar refractivity (Wildman–Crippen MR) is 65.3 cm³/mol. The van der Waals surface area contributed by atoms with Crippen LogP contribution in [0.25, 0.3) is 0 Å². The maximum absolute atomic E-state index is 12.7. The number of carbonyl (C=O) groups excluding carboxylic acids is 1. The molecule has 0 bridgehead atoms. The fraction of sp³-hybridized carbons (Fsp3) is 0.429. The van der Waals surface area contributed by atoms with Crippen LogP contribution in [0.1, 0.15) is 36.8 Å². The molecule has 0 saturated heterocycles. The molecule has 2 unspecified atom stereocenters. The van der Waals surface area contributed by atoms with E-state index in [4.69, 9.17) is 5.41 Å². The Labute approximate surface area is 109 Å². The SMILES string of the molecule is CCC1CC(=N)C(c2cccc(C(F)(F)F)c2)C1=O. The zero-order chi connectivity index (χ0) is 14.2. The average Bonchev–Trinajstić information content (AvgIpc) is 2.63. The van der Waals surface area contributed by atoms with Gasteiger partial charge in [0, 0.05) is 11.6 Å². The zero-order valence-corrected chi connectivity index (χ0v) is 10.4. The molecule has 0 heterocycles. The molecule has 1 saturated carbocycles. The van der Waals surface area contributed by atoms with Gasteiger partial charge in [0.2, 0.25) is 0 Å². The summed E-state index contributed by atoms with van der Waals surface area (Å²) in [5.74, 6) is -1.16. The lowest BCUT2D eigenvalue weighted by atomic mass is 9.92. The molecule has 1 aromatic carbocycles. The molecule has 19 heavy (non-hydrogen) atoms. The fourth-order valence-corrected chi connectivity index (χ4v) is 2.50. The van der Waals surface area contributed by atoms with Gasteiger partial charge < -0.3 is 5.41 Å². The molecule has 0 aliphatic heterocycles. The van der Waals surface area contributed by atoms with Crippen LogP contribution in [0.2, 0.25) is 0 Å². The number of nitrogens with one attached hydrogen (secondary N) is 1. The number of carbonyl (C=O) groups is 1. The highest BCUT2D eigenvalue weighted by molar-refractivity contribution is 6.15. The molecule has 2 atom stereocenters. The number of halogens is 3. The summed E-state index contributed by atoms with van der Waals surface area (Å²) in [5.41, 5.74) is -0.275. The van der Waals surface area contributed by atoms with Gasteiger partial charge in [-0.2, -0.15) is 13.2 Å². The largest absolute Gasteiger partial charge is 0.416 e. The van der Waals surface area contributed by atoms with Gasteiger partial charge >= 0.3 is 6.18 Å². The molecule has 0 aromatic heterocycles. The van der Waals surface area contributed by atoms with E-state index >= 15 is 0 Å². The Hall–Kier alpha value is -1.65. The van der Waals surface area contributed by atoms with Crippen LogP contribution >= 0.6 is 0 Å². The molecule has 0 radical (unpaired) electrons. The second-order valence-corrected chi connectivity index (χ2v) is 4.79. The zero-order valence-electron chi connectivity index (χ0n) is 10.4. The third-order valence-corrected chi connectivity index (χ3v) is 3.54. The van der Waals surface area contributed by atoms with E-state index in [0.29, 0.717) is 12.8 Å². The van der Waals surface area contributed by atoms with Crippen molar-refractivity contribution in [2.45, 2.75) is 31.9 Å². The van der Waals surface area contributed by atoms with Gasteiger partial charge in [0.1, 0.15) is 5.78 Å². The number of alkyl halides is 3. The number of benzene rings is 1. The van der Waals surface area contributed by atoms with E-state index in [-0.39, 0.29) is 23.0 Å². The normalized spacial score (nSPS) is 24.0. The molecule has 102 valence electrons. The van der Waals surface area contributed by atoms with Crippen molar-refractivity contribution >= 4 is 11.5 Å². The molecule has 1 aromatic rings. The topological polar surface area (TPSA) is 40.9 Å². The van der Waals surface area contributed by atoms with Gasteiger partial charge in [0.05, 0.1) is 11.5 Å². The maximum Gasteiger partial charge on any atom is 0.416 e. The Morgan fingerprint density at radius 2 is 2.05 bits per heavy atom. The summed E-state index contributed by atoms with van der Waals surface area (Å²) in [6.45, 7) is 1.85. The summed E-state index contributed by atoms with van der Waals surface area (Å²) in [5, 5.41) is 7.83. The first-order valence-electron chi connectivity index (χ1n) is 6.12. The highest BCUT2D eigenvalue weighted by Gasteiger charge is 2.39. The quantitative estimate of drug-likeness (QED) is 0.871. The van der Waals surface area contributed by atoms with Gasteiger partial charge in [-0.25, -0.2) is 0 Å². The lowest BCUT2D eigenvalue weighted by molar-refractivity contribution is -0.137. The number of ketones is 1. The molecule has 0 amide bonds. The third kappa shape index (κ3) is 2.55. The van der Waals surface area contributed by atoms with E-state index in [1.807, 2.05) is 6.92 Å². The van der Waals surface area contributed by atoms with E-state index in [0.717, 1.165) is 12.1 Å². The average molecular weight is 269 g/mol. The summed E-state index contributed by atoms with van der Waals surface area (Å²) in [6, 6.07) is 4.74. The first-order chi connectivity index (χ1) is 8.84. The van der Waals surface area contributed by atoms with Crippen LogP contribution in [0.5, 0.6) is 0 Å². The van der Waals surface area contributed by atoms with Gasteiger partial charge in [-0.1, -0.05) is 25.1 Å². The van der Waals surface area contributed by atoms with Crippen LogP contribution in [0.4, 0.5) is 13.2 Å². The highest BCUT2D eigenvalue weighted by atomic mass is 19.4. The molecule has 2 rings (SSSR count). The summed E-state index contributed by atoms with van der Waals surface area (Å²) < 4.78 is 38.0. The van der Waals surface area contributed by atoms with Crippen molar-refractivity contribution in [3.63, 3.8) is 0 Å². The number of Topliss-reactive ketones (excluding diaryl/α,β-unsaturated/α-hetero) is 1. The Morgan fingerprint density at radius 3 is 2.58 bits per heavy atom. The molecule has 0 spiro atoms. The van der Waals surface area contributed by atoms with Crippen molar-refractivity contribution in [3.05, 3.63) is 35.4 Å². The number of hydrogen-bond acceptors (Lipinski definition) is 2. The molecular weight excluding hydrogens is 255 g/mol. The molecular formula is C14H14F3NO. The van der Waals surface area contributed by atoms with Crippen molar-refractivity contribution in [2.75, 3.05) is 0 Å². The minimum Gasteiger partial charge on any atom is -0.309 e. The molecule has 5 heteroatoms. The molecule has 2 nitrogen and oxygen atoms in total. The minimum atomic E-state index is -4.43. The second-order valence-electron chi connectivity index (χ2n) is 4.79. The van der Waals surface area contributed by atoms with Gasteiger partial charge in [-0.05, 0) is 24.5 Å². The summed E-state index contributed by atoms with van der Waals surface area (Å²) in [7, 11) is 0. The molecule has 1 N–H and O–H groups in total. The van der Waals surface area contributed by atoms with Crippen molar-refractivity contribution in [3.8, 4) is 0 Å². The summed E-state index contributed by atoms with van der Waals surface area (Å²) in [4.78, 5) is 12.1. The molecule has 1 aliphatic rings. The van der Waals surface area contributed by atoms with E-state index in [9.17, 15) is 18.0 Å². The van der Waals surface area contributed by atoms with Gasteiger partial charge in [-0.15, -0.1) is 0 Å². The Morgan fingerprint density at radius 1 is 1.37 bits per heavy atom. The van der Waals surface area contributed by atoms with Gasteiger partial charge in [-0.3, -0.25) is 4.79 Å². The van der Waals surface area contributed by atoms with Crippen molar-refractivity contribution < 1.29 is 18.0 Å². The minimum absolute atomic E-state index is 0.133. The predicted octanol–water partition coefficient (Wildman–Crippen LogP) is 3.81. The van der Waals surface area contributed by atoms with Gasteiger partial charge in [0.15, 0.2) is 0 Å². The third-order valence-electron chi connectivity index (χ3n) is 3.54. The number of hydrogen-bond donors (Lipinski definition) is 1. The number of rotatable bonds is 2. The van der Waals surface area contributed by atoms with Crippen LogP contribution in [-0.2, 0) is 11.0 Å². The first kappa shape index (κ1) is 13.8. The van der Waals surface area contributed by atoms with E-state index < -0.39 is 17.7 Å². The van der Waals surface area contributed by atoms with Crippen molar-refractivity contribution in [2.24, 2.45) is 5.92 Å². The van der Waals surface area contributed by atoms with Crippen LogP contribution < -0.4 is 0 Å². The standard InChI is InChI=1S/C14H14F3NO/c1-2-8-7-11(18)12(13(8)19)9-4-3-5-10(6-9)14(15,16)17/h3-6,8,12,18H,2,7H2,1H3. The van der Waals surface area contributed by atoms with E-state index in [1.165, 1.54) is 12.1 Å². The lowest BCUT2D eigenvalue weighted by Gasteiger charge is -2.13. The van der Waals surface area contributed by atoms with Crippen molar-refractivity contribution in [1.29, 1.82) is 5.41 Å². The lowest BCUT2D eigenvalue weighted by Crippen LogP contribution is -2.16. The monoisotopic (exact) mass is 269 g/mol. The summed E-state index contributed by atoms with van der Waals surface area (Å²) in [6.07, 6.45) is -3.45. The Balaban J connectivity index is 2.38. The van der Waals surface area contributed by atoms with Crippen LogP contribution in [0.15, 0.2) is 24.3 Å². The van der Waals surface area contributed by atoms with Crippen LogP contribution in [0, 0.1) is 11.3 Å². The van der Waals surface area contributed by atoms with Crippen molar-refractivity contribution in [1.82, 2.24) is 0 Å². The Bertz CT molecular complexity index is 522. The maximum atomic E-state index is 12.7. The second kappa shape index (κ2) is 4.79. The molecule has 1 aliphatic carbocycles. The summed E-state index contributed by atoms with van der Waals surface area (Å²) >= 11 is 0. The first-order valence-corrected chi connectivity index (χ1v) is 6.12. The smallest absolute Gasteiger partial charge is 0.309 e. The van der Waals surface area contributed by atoms with Gasteiger partial charge in [0.25, 0.3) is 0 Å². The highest BCUT2D eigenvalue weighted by Crippen LogP contribution is 2.36. The van der Waals surface area contributed by atoms with E-state index in [1.54, 1.807) is 0 Å². The van der Waals surface area contributed by atoms with Crippen LogP contribution in [0.3, 0.4) is 0 Å². The van der Waals surface area contributed by atoms with Crippen LogP contribution in [-0.4, -0.2) is 11.5 Å². The Kier molecular flexibility index (Phi) is 3.47.